The topological polar surface area (TPSA) is 103 Å². The average molecular weight is 435 g/mol. The van der Waals surface area contributed by atoms with E-state index in [1.807, 2.05) is 18.2 Å². The Morgan fingerprint density at radius 1 is 1.10 bits per heavy atom. The van der Waals surface area contributed by atoms with Crippen LogP contribution in [0.1, 0.15) is 0 Å². The molecule has 8 nitrogen and oxygen atoms in total. The summed E-state index contributed by atoms with van der Waals surface area (Å²) in [5, 5.41) is 17.4. The van der Waals surface area contributed by atoms with E-state index in [1.165, 1.54) is 5.69 Å². The van der Waals surface area contributed by atoms with Gasteiger partial charge in [-0.2, -0.15) is 18.3 Å². The van der Waals surface area contributed by atoms with Crippen LogP contribution < -0.4 is 10.2 Å². The number of nitrogens with one attached hydrogen (secondary N) is 2. The molecular formula is C20H20F3N5O3. The Balaban J connectivity index is 0.000000339. The molecule has 0 atom stereocenters. The molecule has 11 heteroatoms. The zero-order valence-electron chi connectivity index (χ0n) is 16.3. The van der Waals surface area contributed by atoms with Crippen LogP contribution in [0.5, 0.6) is 0 Å². The third-order valence-electron chi connectivity index (χ3n) is 4.33. The number of H-pyrrole nitrogens is 1. The molecule has 1 aliphatic rings. The number of aromatic amines is 1. The highest BCUT2D eigenvalue weighted by molar-refractivity contribution is 5.73. The van der Waals surface area contributed by atoms with Crippen LogP contribution in [0.25, 0.3) is 11.3 Å². The van der Waals surface area contributed by atoms with Crippen LogP contribution in [-0.4, -0.2) is 58.7 Å². The summed E-state index contributed by atoms with van der Waals surface area (Å²) in [6.07, 6.45) is -1.55. The quantitative estimate of drug-likeness (QED) is 0.574. The van der Waals surface area contributed by atoms with Gasteiger partial charge < -0.3 is 20.1 Å². The number of carboxylic acids is 1. The summed E-state index contributed by atoms with van der Waals surface area (Å²) >= 11 is 0. The Labute approximate surface area is 175 Å². The standard InChI is InChI=1S/C18H19N5O.C2HF3O2/c1-3-16(23-9-11-24-12-10-23)4-2-15(1)21-18-13-14(5-7-19-18)17-6-8-20-22-17;3-2(4,5)1(6)7/h1-8,13H,9-12H2,(H,19,21)(H,20,22);(H,6,7). The van der Waals surface area contributed by atoms with Gasteiger partial charge in [0.15, 0.2) is 0 Å². The van der Waals surface area contributed by atoms with Gasteiger partial charge in [-0.1, -0.05) is 0 Å². The van der Waals surface area contributed by atoms with Crippen molar-refractivity contribution in [1.82, 2.24) is 15.2 Å². The molecule has 0 radical (unpaired) electrons. The van der Waals surface area contributed by atoms with Crippen molar-refractivity contribution in [2.45, 2.75) is 6.18 Å². The summed E-state index contributed by atoms with van der Waals surface area (Å²) in [6.45, 7) is 3.48. The van der Waals surface area contributed by atoms with Crippen LogP contribution in [0.3, 0.4) is 0 Å². The van der Waals surface area contributed by atoms with Crippen molar-refractivity contribution < 1.29 is 27.8 Å². The van der Waals surface area contributed by atoms with Crippen molar-refractivity contribution in [3.05, 3.63) is 54.9 Å². The number of aromatic nitrogens is 3. The second-order valence-corrected chi connectivity index (χ2v) is 6.47. The van der Waals surface area contributed by atoms with Gasteiger partial charge in [-0.3, -0.25) is 5.10 Å². The van der Waals surface area contributed by atoms with Crippen LogP contribution in [0.4, 0.5) is 30.4 Å². The summed E-state index contributed by atoms with van der Waals surface area (Å²) in [6, 6.07) is 14.3. The molecule has 1 aliphatic heterocycles. The maximum absolute atomic E-state index is 10.6. The van der Waals surface area contributed by atoms with E-state index in [4.69, 9.17) is 14.6 Å². The monoisotopic (exact) mass is 435 g/mol. The molecule has 0 spiro atoms. The van der Waals surface area contributed by atoms with Gasteiger partial charge in [0.1, 0.15) is 5.82 Å². The maximum Gasteiger partial charge on any atom is 0.490 e. The predicted molar refractivity (Wildman–Crippen MR) is 108 cm³/mol. The van der Waals surface area contributed by atoms with Gasteiger partial charge in [0.2, 0.25) is 0 Å². The number of halogens is 3. The number of alkyl halides is 3. The molecule has 2 aromatic heterocycles. The summed E-state index contributed by atoms with van der Waals surface area (Å²) in [5.41, 5.74) is 4.27. The molecule has 3 heterocycles. The number of hydrogen-bond donors (Lipinski definition) is 3. The zero-order valence-corrected chi connectivity index (χ0v) is 16.3. The molecule has 4 rings (SSSR count). The summed E-state index contributed by atoms with van der Waals surface area (Å²) in [4.78, 5) is 15.6. The van der Waals surface area contributed by atoms with Crippen LogP contribution in [0, 0.1) is 0 Å². The highest BCUT2D eigenvalue weighted by Crippen LogP contribution is 2.23. The van der Waals surface area contributed by atoms with E-state index < -0.39 is 12.1 Å². The fourth-order valence-corrected chi connectivity index (χ4v) is 2.81. The highest BCUT2D eigenvalue weighted by atomic mass is 19.4. The number of carbonyl (C=O) groups is 1. The van der Waals surface area contributed by atoms with Crippen molar-refractivity contribution in [2.75, 3.05) is 36.5 Å². The molecule has 1 fully saturated rings. The first-order valence-electron chi connectivity index (χ1n) is 9.28. The van der Waals surface area contributed by atoms with Crippen molar-refractivity contribution in [3.63, 3.8) is 0 Å². The van der Waals surface area contributed by atoms with E-state index >= 15 is 0 Å². The normalized spacial score (nSPS) is 13.8. The summed E-state index contributed by atoms with van der Waals surface area (Å²) in [7, 11) is 0. The van der Waals surface area contributed by atoms with Gasteiger partial charge in [-0.15, -0.1) is 0 Å². The Morgan fingerprint density at radius 3 is 2.35 bits per heavy atom. The smallest absolute Gasteiger partial charge is 0.475 e. The third kappa shape index (κ3) is 6.44. The van der Waals surface area contributed by atoms with E-state index in [0.29, 0.717) is 0 Å². The highest BCUT2D eigenvalue weighted by Gasteiger charge is 2.38. The third-order valence-corrected chi connectivity index (χ3v) is 4.33. The number of nitrogens with zero attached hydrogens (tertiary/aromatic N) is 3. The van der Waals surface area contributed by atoms with E-state index in [1.54, 1.807) is 12.4 Å². The first kappa shape index (κ1) is 22.1. The Kier molecular flexibility index (Phi) is 7.08. The number of ether oxygens (including phenoxy) is 1. The lowest BCUT2D eigenvalue weighted by molar-refractivity contribution is -0.192. The van der Waals surface area contributed by atoms with Crippen LogP contribution >= 0.6 is 0 Å². The number of rotatable bonds is 4. The molecule has 0 bridgehead atoms. The predicted octanol–water partition coefficient (Wildman–Crippen LogP) is 3.69. The maximum atomic E-state index is 10.6. The first-order chi connectivity index (χ1) is 14.8. The minimum Gasteiger partial charge on any atom is -0.475 e. The fraction of sp³-hybridized carbons (Fsp3) is 0.250. The Hall–Kier alpha value is -3.60. The second kappa shape index (κ2) is 9.94. The number of morpholine rings is 1. The van der Waals surface area contributed by atoms with Gasteiger partial charge in [0, 0.05) is 42.4 Å². The minimum atomic E-state index is -5.08. The number of hydrogen-bond acceptors (Lipinski definition) is 6. The van der Waals surface area contributed by atoms with Crippen LogP contribution in [0.15, 0.2) is 54.9 Å². The molecule has 3 aromatic rings. The van der Waals surface area contributed by atoms with Gasteiger partial charge in [-0.05, 0) is 42.5 Å². The Bertz CT molecular complexity index is 972. The fourth-order valence-electron chi connectivity index (χ4n) is 2.81. The van der Waals surface area contributed by atoms with Gasteiger partial charge in [0.05, 0.1) is 18.9 Å². The van der Waals surface area contributed by atoms with E-state index in [0.717, 1.165) is 49.1 Å². The molecule has 1 aromatic carbocycles. The van der Waals surface area contributed by atoms with Crippen LogP contribution in [-0.2, 0) is 9.53 Å². The average Bonchev–Trinajstić information content (AvgIpc) is 3.30. The van der Waals surface area contributed by atoms with Gasteiger partial charge in [0.25, 0.3) is 0 Å². The molecule has 0 saturated carbocycles. The van der Waals surface area contributed by atoms with Crippen molar-refractivity contribution >= 4 is 23.2 Å². The van der Waals surface area contributed by atoms with E-state index in [2.05, 4.69) is 49.7 Å². The summed E-state index contributed by atoms with van der Waals surface area (Å²) in [5.74, 6) is -1.95. The number of pyridine rings is 1. The molecule has 1 saturated heterocycles. The lowest BCUT2D eigenvalue weighted by atomic mass is 10.2. The number of carboxylic acid groups (broad SMARTS) is 1. The van der Waals surface area contributed by atoms with Crippen molar-refractivity contribution in [2.24, 2.45) is 0 Å². The SMILES string of the molecule is O=C(O)C(F)(F)F.c1cc(-c2ccnc(Nc3ccc(N4CCOCC4)cc3)c2)[nH]n1. The lowest BCUT2D eigenvalue weighted by Crippen LogP contribution is -2.36. The summed E-state index contributed by atoms with van der Waals surface area (Å²) < 4.78 is 37.1. The number of benzene rings is 1. The molecule has 164 valence electrons. The lowest BCUT2D eigenvalue weighted by Gasteiger charge is -2.28. The van der Waals surface area contributed by atoms with E-state index in [-0.39, 0.29) is 0 Å². The Morgan fingerprint density at radius 2 is 1.77 bits per heavy atom. The van der Waals surface area contributed by atoms with E-state index in [9.17, 15) is 13.2 Å². The largest absolute Gasteiger partial charge is 0.490 e. The minimum absolute atomic E-state index is 0.796. The van der Waals surface area contributed by atoms with Crippen molar-refractivity contribution in [3.8, 4) is 11.3 Å². The van der Waals surface area contributed by atoms with Crippen LogP contribution in [0.2, 0.25) is 0 Å². The molecule has 0 aliphatic carbocycles. The van der Waals surface area contributed by atoms with Crippen molar-refractivity contribution in [1.29, 1.82) is 0 Å². The molecule has 3 N–H and O–H groups in total. The molecule has 31 heavy (non-hydrogen) atoms. The second-order valence-electron chi connectivity index (χ2n) is 6.47. The first-order valence-corrected chi connectivity index (χ1v) is 9.28. The molecular weight excluding hydrogens is 415 g/mol. The molecule has 0 amide bonds. The van der Waals surface area contributed by atoms with Gasteiger partial charge in [-0.25, -0.2) is 9.78 Å². The molecule has 0 unspecified atom stereocenters. The zero-order chi connectivity index (χ0) is 22.3. The number of anilines is 3. The van der Waals surface area contributed by atoms with Gasteiger partial charge >= 0.3 is 12.1 Å². The number of aliphatic carboxylic acids is 1.